The summed E-state index contributed by atoms with van der Waals surface area (Å²) < 4.78 is 15.2. The Bertz CT molecular complexity index is 467. The molecule has 6 nitrogen and oxygen atoms in total. The number of morpholine rings is 1. The van der Waals surface area contributed by atoms with Crippen molar-refractivity contribution in [1.29, 1.82) is 0 Å². The Balaban J connectivity index is 2.36. The van der Waals surface area contributed by atoms with E-state index >= 15 is 0 Å². The number of carbonyl (C=O) groups excluding carboxylic acids is 2. The Labute approximate surface area is 130 Å². The quantitative estimate of drug-likeness (QED) is 0.715. The summed E-state index contributed by atoms with van der Waals surface area (Å²) in [6.45, 7) is 6.46. The Morgan fingerprint density at radius 3 is 2.45 bits per heavy atom. The SMILES string of the molecule is C=CC1=C[C@@H](N2CCOCC2)[C@@H](C(=O)OC)[C@H](C(=O)OC)C1. The highest BCUT2D eigenvalue weighted by Crippen LogP contribution is 2.35. The summed E-state index contributed by atoms with van der Waals surface area (Å²) in [5.41, 5.74) is 0.951. The van der Waals surface area contributed by atoms with E-state index in [-0.39, 0.29) is 18.0 Å². The van der Waals surface area contributed by atoms with Gasteiger partial charge in [-0.1, -0.05) is 24.3 Å². The lowest BCUT2D eigenvalue weighted by Gasteiger charge is -2.41. The van der Waals surface area contributed by atoms with Crippen LogP contribution in [0.25, 0.3) is 0 Å². The van der Waals surface area contributed by atoms with Gasteiger partial charge < -0.3 is 14.2 Å². The molecule has 0 aromatic heterocycles. The molecule has 1 fully saturated rings. The molecule has 0 saturated carbocycles. The van der Waals surface area contributed by atoms with Gasteiger partial charge in [0.15, 0.2) is 0 Å². The second-order valence-corrected chi connectivity index (χ2v) is 5.47. The zero-order valence-electron chi connectivity index (χ0n) is 13.1. The van der Waals surface area contributed by atoms with Gasteiger partial charge in [0.1, 0.15) is 0 Å². The van der Waals surface area contributed by atoms with Crippen molar-refractivity contribution >= 4 is 11.9 Å². The maximum Gasteiger partial charge on any atom is 0.311 e. The van der Waals surface area contributed by atoms with E-state index in [1.807, 2.05) is 6.08 Å². The minimum Gasteiger partial charge on any atom is -0.469 e. The van der Waals surface area contributed by atoms with Crippen molar-refractivity contribution in [3.8, 4) is 0 Å². The van der Waals surface area contributed by atoms with Gasteiger partial charge in [0.2, 0.25) is 0 Å². The molecule has 6 heteroatoms. The van der Waals surface area contributed by atoms with Crippen LogP contribution in [0.1, 0.15) is 6.42 Å². The van der Waals surface area contributed by atoms with Gasteiger partial charge in [-0.3, -0.25) is 14.5 Å². The summed E-state index contributed by atoms with van der Waals surface area (Å²) in [5, 5.41) is 0. The maximum atomic E-state index is 12.3. The van der Waals surface area contributed by atoms with E-state index in [4.69, 9.17) is 14.2 Å². The Kier molecular flexibility index (Phi) is 5.74. The number of rotatable bonds is 4. The smallest absolute Gasteiger partial charge is 0.311 e. The maximum absolute atomic E-state index is 12.3. The number of ether oxygens (including phenoxy) is 3. The van der Waals surface area contributed by atoms with Gasteiger partial charge in [-0.2, -0.15) is 0 Å². The fourth-order valence-electron chi connectivity index (χ4n) is 3.19. The van der Waals surface area contributed by atoms with Gasteiger partial charge in [0.05, 0.1) is 39.3 Å². The average molecular weight is 309 g/mol. The fourth-order valence-corrected chi connectivity index (χ4v) is 3.19. The predicted octanol–water partition coefficient (Wildman–Crippen LogP) is 0.782. The second kappa shape index (κ2) is 7.56. The number of allylic oxidation sites excluding steroid dienone is 2. The number of carbonyl (C=O) groups is 2. The zero-order chi connectivity index (χ0) is 16.1. The van der Waals surface area contributed by atoms with E-state index in [2.05, 4.69) is 11.5 Å². The van der Waals surface area contributed by atoms with Gasteiger partial charge in [-0.25, -0.2) is 0 Å². The number of methoxy groups -OCH3 is 2. The molecule has 1 aliphatic carbocycles. The summed E-state index contributed by atoms with van der Waals surface area (Å²) in [6.07, 6.45) is 4.19. The highest BCUT2D eigenvalue weighted by Gasteiger charge is 2.45. The summed E-state index contributed by atoms with van der Waals surface area (Å²) >= 11 is 0. The van der Waals surface area contributed by atoms with Crippen molar-refractivity contribution in [2.24, 2.45) is 11.8 Å². The first-order valence-corrected chi connectivity index (χ1v) is 7.43. The van der Waals surface area contributed by atoms with Gasteiger partial charge in [0.25, 0.3) is 0 Å². The van der Waals surface area contributed by atoms with Crippen LogP contribution in [0.5, 0.6) is 0 Å². The van der Waals surface area contributed by atoms with E-state index in [0.717, 1.165) is 5.57 Å². The third-order valence-corrected chi connectivity index (χ3v) is 4.35. The molecule has 2 rings (SSSR count). The molecule has 0 amide bonds. The monoisotopic (exact) mass is 309 g/mol. The van der Waals surface area contributed by atoms with Crippen molar-refractivity contribution in [2.75, 3.05) is 40.5 Å². The number of nitrogens with zero attached hydrogens (tertiary/aromatic N) is 1. The molecular formula is C16H23NO5. The lowest BCUT2D eigenvalue weighted by molar-refractivity contribution is -0.161. The molecule has 0 unspecified atom stereocenters. The Hall–Kier alpha value is -1.66. The van der Waals surface area contributed by atoms with Crippen LogP contribution in [0.3, 0.4) is 0 Å². The van der Waals surface area contributed by atoms with Crippen LogP contribution < -0.4 is 0 Å². The molecular weight excluding hydrogens is 286 g/mol. The fraction of sp³-hybridized carbons (Fsp3) is 0.625. The minimum absolute atomic E-state index is 0.206. The molecule has 1 saturated heterocycles. The summed E-state index contributed by atoms with van der Waals surface area (Å²) in [7, 11) is 2.69. The van der Waals surface area contributed by atoms with Gasteiger partial charge in [0, 0.05) is 19.1 Å². The van der Waals surface area contributed by atoms with E-state index in [1.165, 1.54) is 14.2 Å². The molecule has 0 aromatic carbocycles. The molecule has 1 aliphatic heterocycles. The van der Waals surface area contributed by atoms with Crippen LogP contribution in [0.2, 0.25) is 0 Å². The summed E-state index contributed by atoms with van der Waals surface area (Å²) in [4.78, 5) is 26.6. The van der Waals surface area contributed by atoms with Crippen LogP contribution in [0.4, 0.5) is 0 Å². The molecule has 0 aromatic rings. The number of esters is 2. The third kappa shape index (κ3) is 3.39. The van der Waals surface area contributed by atoms with E-state index in [9.17, 15) is 9.59 Å². The van der Waals surface area contributed by atoms with Crippen molar-refractivity contribution in [3.63, 3.8) is 0 Å². The highest BCUT2D eigenvalue weighted by atomic mass is 16.5. The lowest BCUT2D eigenvalue weighted by atomic mass is 9.75. The largest absolute Gasteiger partial charge is 0.469 e. The summed E-state index contributed by atoms with van der Waals surface area (Å²) in [5.74, 6) is -1.89. The first-order chi connectivity index (χ1) is 10.6. The number of hydrogen-bond donors (Lipinski definition) is 0. The van der Waals surface area contributed by atoms with E-state index in [0.29, 0.717) is 32.7 Å². The normalized spacial score (nSPS) is 29.4. The van der Waals surface area contributed by atoms with Gasteiger partial charge in [-0.15, -0.1) is 0 Å². The molecule has 0 N–H and O–H groups in total. The Morgan fingerprint density at radius 2 is 1.91 bits per heavy atom. The van der Waals surface area contributed by atoms with Crippen molar-refractivity contribution in [2.45, 2.75) is 12.5 Å². The van der Waals surface area contributed by atoms with Crippen LogP contribution in [0.15, 0.2) is 24.3 Å². The van der Waals surface area contributed by atoms with Crippen LogP contribution in [0, 0.1) is 11.8 Å². The molecule has 0 spiro atoms. The molecule has 1 heterocycles. The third-order valence-electron chi connectivity index (χ3n) is 4.35. The van der Waals surface area contributed by atoms with E-state index < -0.39 is 11.8 Å². The molecule has 122 valence electrons. The van der Waals surface area contributed by atoms with Crippen molar-refractivity contribution in [1.82, 2.24) is 4.90 Å². The standard InChI is InChI=1S/C16H23NO5/c1-4-11-9-12(15(18)20-2)14(16(19)21-3)13(10-11)17-5-7-22-8-6-17/h4,10,12-14H,1,5-9H2,2-3H3/t12-,13-,14+/m1/s1. The van der Waals surface area contributed by atoms with E-state index in [1.54, 1.807) is 6.08 Å². The second-order valence-electron chi connectivity index (χ2n) is 5.47. The first-order valence-electron chi connectivity index (χ1n) is 7.43. The predicted molar refractivity (Wildman–Crippen MR) is 80.1 cm³/mol. The molecule has 3 atom stereocenters. The van der Waals surface area contributed by atoms with Crippen molar-refractivity contribution in [3.05, 3.63) is 24.3 Å². The minimum atomic E-state index is -0.570. The zero-order valence-corrected chi connectivity index (χ0v) is 13.1. The highest BCUT2D eigenvalue weighted by molar-refractivity contribution is 5.83. The van der Waals surface area contributed by atoms with Crippen LogP contribution in [-0.2, 0) is 23.8 Å². The average Bonchev–Trinajstić information content (AvgIpc) is 2.59. The van der Waals surface area contributed by atoms with Gasteiger partial charge in [-0.05, 0) is 6.42 Å². The first kappa shape index (κ1) is 16.7. The number of hydrogen-bond acceptors (Lipinski definition) is 6. The molecule has 2 aliphatic rings. The van der Waals surface area contributed by atoms with Crippen molar-refractivity contribution < 1.29 is 23.8 Å². The lowest BCUT2D eigenvalue weighted by Crippen LogP contribution is -2.53. The molecule has 0 bridgehead atoms. The van der Waals surface area contributed by atoms with Crippen LogP contribution in [-0.4, -0.2) is 63.4 Å². The van der Waals surface area contributed by atoms with Crippen LogP contribution >= 0.6 is 0 Å². The Morgan fingerprint density at radius 1 is 1.27 bits per heavy atom. The summed E-state index contributed by atoms with van der Waals surface area (Å²) in [6, 6.07) is -0.206. The topological polar surface area (TPSA) is 65.1 Å². The molecule has 0 radical (unpaired) electrons. The van der Waals surface area contributed by atoms with Gasteiger partial charge >= 0.3 is 11.9 Å². The molecule has 22 heavy (non-hydrogen) atoms.